The third kappa shape index (κ3) is 3.54. The van der Waals surface area contributed by atoms with Crippen molar-refractivity contribution in [3.63, 3.8) is 0 Å². The van der Waals surface area contributed by atoms with E-state index < -0.39 is 0 Å². The molecule has 2 rings (SSSR count). The van der Waals surface area contributed by atoms with Gasteiger partial charge in [-0.15, -0.1) is 0 Å². The Hall–Kier alpha value is -1.94. The highest BCUT2D eigenvalue weighted by Crippen LogP contribution is 2.18. The first-order valence-corrected chi connectivity index (χ1v) is 7.02. The summed E-state index contributed by atoms with van der Waals surface area (Å²) in [6.45, 7) is 6.26. The van der Waals surface area contributed by atoms with Gasteiger partial charge in [0.1, 0.15) is 0 Å². The molecule has 104 valence electrons. The maximum Gasteiger partial charge on any atom is 0.171 e. The zero-order chi connectivity index (χ0) is 14.5. The van der Waals surface area contributed by atoms with Gasteiger partial charge in [-0.1, -0.05) is 12.1 Å². The SMILES string of the molecule is Cc1cccc(NC(=S)NC(C)c2ccncc2)c1C. The molecule has 4 heteroatoms. The molecule has 2 aromatic rings. The van der Waals surface area contributed by atoms with E-state index in [0.717, 1.165) is 11.3 Å². The molecule has 1 heterocycles. The Morgan fingerprint density at radius 1 is 1.15 bits per heavy atom. The van der Waals surface area contributed by atoms with Crippen LogP contribution in [0.4, 0.5) is 5.69 Å². The predicted molar refractivity (Wildman–Crippen MR) is 87.9 cm³/mol. The van der Waals surface area contributed by atoms with E-state index in [2.05, 4.69) is 42.5 Å². The van der Waals surface area contributed by atoms with E-state index in [1.807, 2.05) is 24.3 Å². The molecule has 0 aliphatic rings. The Kier molecular flexibility index (Phi) is 4.69. The Morgan fingerprint density at radius 2 is 1.85 bits per heavy atom. The fourth-order valence-corrected chi connectivity index (χ4v) is 2.26. The summed E-state index contributed by atoms with van der Waals surface area (Å²) in [7, 11) is 0. The number of nitrogens with zero attached hydrogens (tertiary/aromatic N) is 1. The second-order valence-corrected chi connectivity index (χ2v) is 5.26. The number of hydrogen-bond acceptors (Lipinski definition) is 2. The number of anilines is 1. The molecule has 1 aromatic heterocycles. The molecule has 0 spiro atoms. The zero-order valence-electron chi connectivity index (χ0n) is 12.0. The van der Waals surface area contributed by atoms with Gasteiger partial charge in [-0.3, -0.25) is 4.98 Å². The molecule has 0 aliphatic heterocycles. The lowest BCUT2D eigenvalue weighted by Crippen LogP contribution is -2.31. The summed E-state index contributed by atoms with van der Waals surface area (Å²) in [4.78, 5) is 4.02. The van der Waals surface area contributed by atoms with Gasteiger partial charge < -0.3 is 10.6 Å². The topological polar surface area (TPSA) is 37.0 Å². The number of aromatic nitrogens is 1. The van der Waals surface area contributed by atoms with Crippen molar-refractivity contribution >= 4 is 23.0 Å². The average molecular weight is 285 g/mol. The molecule has 0 fully saturated rings. The second kappa shape index (κ2) is 6.48. The number of nitrogens with one attached hydrogen (secondary N) is 2. The minimum atomic E-state index is 0.142. The predicted octanol–water partition coefficient (Wildman–Crippen LogP) is 3.75. The van der Waals surface area contributed by atoms with Crippen LogP contribution in [0.15, 0.2) is 42.7 Å². The summed E-state index contributed by atoms with van der Waals surface area (Å²) >= 11 is 5.38. The van der Waals surface area contributed by atoms with Crippen LogP contribution in [-0.4, -0.2) is 10.1 Å². The number of benzene rings is 1. The van der Waals surface area contributed by atoms with E-state index in [1.54, 1.807) is 12.4 Å². The van der Waals surface area contributed by atoms with E-state index in [4.69, 9.17) is 12.2 Å². The highest BCUT2D eigenvalue weighted by Gasteiger charge is 2.08. The minimum absolute atomic E-state index is 0.142. The maximum absolute atomic E-state index is 5.38. The maximum atomic E-state index is 5.38. The third-order valence-electron chi connectivity index (χ3n) is 3.41. The van der Waals surface area contributed by atoms with Crippen LogP contribution >= 0.6 is 12.2 Å². The Balaban J connectivity index is 2.01. The first kappa shape index (κ1) is 14.5. The highest BCUT2D eigenvalue weighted by atomic mass is 32.1. The van der Waals surface area contributed by atoms with Crippen molar-refractivity contribution in [2.75, 3.05) is 5.32 Å². The Bertz CT molecular complexity index is 596. The van der Waals surface area contributed by atoms with E-state index in [9.17, 15) is 0 Å². The van der Waals surface area contributed by atoms with Gasteiger partial charge in [-0.2, -0.15) is 0 Å². The van der Waals surface area contributed by atoms with Crippen LogP contribution in [0.2, 0.25) is 0 Å². The van der Waals surface area contributed by atoms with Gasteiger partial charge in [0.15, 0.2) is 5.11 Å². The van der Waals surface area contributed by atoms with Crippen molar-refractivity contribution in [2.45, 2.75) is 26.8 Å². The van der Waals surface area contributed by atoms with Gasteiger partial charge >= 0.3 is 0 Å². The Labute approximate surface area is 125 Å². The van der Waals surface area contributed by atoms with Crippen LogP contribution < -0.4 is 10.6 Å². The van der Waals surface area contributed by atoms with Crippen LogP contribution in [0.1, 0.15) is 29.7 Å². The fourth-order valence-electron chi connectivity index (χ4n) is 1.98. The number of aryl methyl sites for hydroxylation is 1. The summed E-state index contributed by atoms with van der Waals surface area (Å²) in [5.74, 6) is 0. The van der Waals surface area contributed by atoms with Crippen LogP contribution in [0, 0.1) is 13.8 Å². The van der Waals surface area contributed by atoms with E-state index in [0.29, 0.717) is 5.11 Å². The molecule has 2 N–H and O–H groups in total. The molecule has 1 aromatic carbocycles. The molecule has 0 radical (unpaired) electrons. The fraction of sp³-hybridized carbons (Fsp3) is 0.250. The van der Waals surface area contributed by atoms with E-state index >= 15 is 0 Å². The molecule has 0 aliphatic carbocycles. The zero-order valence-corrected chi connectivity index (χ0v) is 12.8. The lowest BCUT2D eigenvalue weighted by molar-refractivity contribution is 0.721. The van der Waals surface area contributed by atoms with Gasteiger partial charge in [0.2, 0.25) is 0 Å². The molecule has 3 nitrogen and oxygen atoms in total. The van der Waals surface area contributed by atoms with Crippen molar-refractivity contribution in [3.8, 4) is 0 Å². The summed E-state index contributed by atoms with van der Waals surface area (Å²) in [5.41, 5.74) is 4.67. The highest BCUT2D eigenvalue weighted by molar-refractivity contribution is 7.80. The number of thiocarbonyl (C=S) groups is 1. The van der Waals surface area contributed by atoms with Crippen molar-refractivity contribution in [1.29, 1.82) is 0 Å². The Morgan fingerprint density at radius 3 is 2.55 bits per heavy atom. The molecule has 0 amide bonds. The van der Waals surface area contributed by atoms with Gasteiger partial charge in [-0.05, 0) is 67.9 Å². The van der Waals surface area contributed by atoms with Crippen molar-refractivity contribution in [1.82, 2.24) is 10.3 Å². The molecule has 0 bridgehead atoms. The van der Waals surface area contributed by atoms with Gasteiger partial charge in [-0.25, -0.2) is 0 Å². The molecule has 20 heavy (non-hydrogen) atoms. The summed E-state index contributed by atoms with van der Waals surface area (Å²) < 4.78 is 0. The molecule has 0 saturated carbocycles. The second-order valence-electron chi connectivity index (χ2n) is 4.85. The monoisotopic (exact) mass is 285 g/mol. The van der Waals surface area contributed by atoms with Crippen molar-refractivity contribution in [2.24, 2.45) is 0 Å². The van der Waals surface area contributed by atoms with Crippen molar-refractivity contribution in [3.05, 3.63) is 59.4 Å². The largest absolute Gasteiger partial charge is 0.356 e. The average Bonchev–Trinajstić information content (AvgIpc) is 2.45. The van der Waals surface area contributed by atoms with Crippen LogP contribution in [0.3, 0.4) is 0 Å². The number of rotatable bonds is 3. The summed E-state index contributed by atoms with van der Waals surface area (Å²) in [6, 6.07) is 10.3. The van der Waals surface area contributed by atoms with Gasteiger partial charge in [0.05, 0.1) is 6.04 Å². The van der Waals surface area contributed by atoms with Gasteiger partial charge in [0.25, 0.3) is 0 Å². The normalized spacial score (nSPS) is 11.8. The lowest BCUT2D eigenvalue weighted by atomic mass is 10.1. The first-order chi connectivity index (χ1) is 9.58. The molecule has 0 saturated heterocycles. The van der Waals surface area contributed by atoms with Crippen molar-refractivity contribution < 1.29 is 0 Å². The lowest BCUT2D eigenvalue weighted by Gasteiger charge is -2.18. The standard InChI is InChI=1S/C16H19N3S/c1-11-5-4-6-15(12(11)2)19-16(20)18-13(3)14-7-9-17-10-8-14/h4-10,13H,1-3H3,(H2,18,19,20). The minimum Gasteiger partial charge on any atom is -0.356 e. The molecular formula is C16H19N3S. The smallest absolute Gasteiger partial charge is 0.171 e. The van der Waals surface area contributed by atoms with Crippen LogP contribution in [-0.2, 0) is 0 Å². The molecule has 1 atom stereocenters. The molecular weight excluding hydrogens is 266 g/mol. The van der Waals surface area contributed by atoms with Crippen LogP contribution in [0.25, 0.3) is 0 Å². The number of hydrogen-bond donors (Lipinski definition) is 2. The first-order valence-electron chi connectivity index (χ1n) is 6.61. The van der Waals surface area contributed by atoms with E-state index in [-0.39, 0.29) is 6.04 Å². The molecule has 1 unspecified atom stereocenters. The summed E-state index contributed by atoms with van der Waals surface area (Å²) in [5, 5.41) is 7.17. The quantitative estimate of drug-likeness (QED) is 0.842. The summed E-state index contributed by atoms with van der Waals surface area (Å²) in [6.07, 6.45) is 3.57. The van der Waals surface area contributed by atoms with E-state index in [1.165, 1.54) is 11.1 Å². The third-order valence-corrected chi connectivity index (χ3v) is 3.63. The number of pyridine rings is 1. The van der Waals surface area contributed by atoms with Crippen LogP contribution in [0.5, 0.6) is 0 Å². The van der Waals surface area contributed by atoms with Gasteiger partial charge in [0, 0.05) is 18.1 Å².